The zero-order valence-electron chi connectivity index (χ0n) is 11.4. The second-order valence-corrected chi connectivity index (χ2v) is 5.46. The lowest BCUT2D eigenvalue weighted by atomic mass is 9.85. The van der Waals surface area contributed by atoms with Crippen LogP contribution in [0.2, 0.25) is 0 Å². The highest BCUT2D eigenvalue weighted by molar-refractivity contribution is 5.88. The Morgan fingerprint density at radius 2 is 1.88 bits per heavy atom. The summed E-state index contributed by atoms with van der Waals surface area (Å²) in [5.74, 6) is 0.979. The van der Waals surface area contributed by atoms with Gasteiger partial charge in [-0.2, -0.15) is 0 Å². The number of carbonyl (C=O) groups is 1. The summed E-state index contributed by atoms with van der Waals surface area (Å²) >= 11 is 0. The van der Waals surface area contributed by atoms with Crippen molar-refractivity contribution in [2.24, 2.45) is 5.92 Å². The molecule has 0 radical (unpaired) electrons. The van der Waals surface area contributed by atoms with Crippen LogP contribution in [0.25, 0.3) is 0 Å². The first kappa shape index (κ1) is 13.7. The molecular formula is C14H27NO. The second-order valence-electron chi connectivity index (χ2n) is 5.46. The molecule has 0 aliphatic carbocycles. The number of hydrogen-bond donors (Lipinski definition) is 0. The van der Waals surface area contributed by atoms with E-state index in [1.54, 1.807) is 0 Å². The molecule has 1 rings (SSSR count). The van der Waals surface area contributed by atoms with E-state index < -0.39 is 0 Å². The van der Waals surface area contributed by atoms with Crippen molar-refractivity contribution in [2.75, 3.05) is 13.1 Å². The lowest BCUT2D eigenvalue weighted by Crippen LogP contribution is -2.51. The molecule has 0 aromatic rings. The van der Waals surface area contributed by atoms with Crippen LogP contribution >= 0.6 is 0 Å². The van der Waals surface area contributed by atoms with Gasteiger partial charge in [-0.05, 0) is 45.2 Å². The maximum Gasteiger partial charge on any atom is 0.153 e. The van der Waals surface area contributed by atoms with Crippen molar-refractivity contribution in [1.82, 2.24) is 4.90 Å². The zero-order valence-corrected chi connectivity index (χ0v) is 11.4. The average molecular weight is 225 g/mol. The first-order valence-electron chi connectivity index (χ1n) is 6.83. The number of nitrogens with zero attached hydrogens (tertiary/aromatic N) is 1. The minimum atomic E-state index is -0.195. The topological polar surface area (TPSA) is 20.3 Å². The molecule has 0 saturated carbocycles. The molecular weight excluding hydrogens is 198 g/mol. The Bertz CT molecular complexity index is 233. The van der Waals surface area contributed by atoms with Gasteiger partial charge in [-0.15, -0.1) is 0 Å². The van der Waals surface area contributed by atoms with Crippen molar-refractivity contribution in [3.05, 3.63) is 0 Å². The summed E-state index contributed by atoms with van der Waals surface area (Å²) < 4.78 is 0. The van der Waals surface area contributed by atoms with Gasteiger partial charge in [0.15, 0.2) is 5.78 Å². The van der Waals surface area contributed by atoms with Crippen molar-refractivity contribution in [2.45, 2.75) is 65.3 Å². The maximum atomic E-state index is 12.4. The summed E-state index contributed by atoms with van der Waals surface area (Å²) in [6.07, 6.45) is 5.31. The van der Waals surface area contributed by atoms with E-state index in [0.717, 1.165) is 32.4 Å². The average Bonchev–Trinajstić information content (AvgIpc) is 2.81. The van der Waals surface area contributed by atoms with E-state index in [1.807, 2.05) is 0 Å². The van der Waals surface area contributed by atoms with Crippen LogP contribution in [0, 0.1) is 5.92 Å². The highest BCUT2D eigenvalue weighted by Crippen LogP contribution is 2.28. The summed E-state index contributed by atoms with van der Waals surface area (Å²) in [6, 6.07) is 0. The first-order valence-corrected chi connectivity index (χ1v) is 6.83. The van der Waals surface area contributed by atoms with Crippen molar-refractivity contribution < 1.29 is 4.79 Å². The lowest BCUT2D eigenvalue weighted by Gasteiger charge is -2.37. The van der Waals surface area contributed by atoms with Gasteiger partial charge in [-0.25, -0.2) is 0 Å². The molecule has 16 heavy (non-hydrogen) atoms. The van der Waals surface area contributed by atoms with E-state index in [-0.39, 0.29) is 5.54 Å². The van der Waals surface area contributed by atoms with Crippen LogP contribution in [0.15, 0.2) is 0 Å². The summed E-state index contributed by atoms with van der Waals surface area (Å²) in [7, 11) is 0. The molecule has 0 bridgehead atoms. The van der Waals surface area contributed by atoms with Gasteiger partial charge in [-0.3, -0.25) is 9.69 Å². The Hall–Kier alpha value is -0.370. The Balaban J connectivity index is 2.66. The highest BCUT2D eigenvalue weighted by atomic mass is 16.1. The minimum Gasteiger partial charge on any atom is -0.298 e. The zero-order chi connectivity index (χ0) is 12.2. The fraction of sp³-hybridized carbons (Fsp3) is 0.929. The Labute approximate surface area is 100 Å². The molecule has 1 fully saturated rings. The Kier molecular flexibility index (Phi) is 4.97. The molecule has 2 nitrogen and oxygen atoms in total. The molecule has 0 aromatic heterocycles. The predicted octanol–water partition coefficient (Wildman–Crippen LogP) is 3.26. The van der Waals surface area contributed by atoms with E-state index in [4.69, 9.17) is 0 Å². The van der Waals surface area contributed by atoms with Crippen LogP contribution in [0.5, 0.6) is 0 Å². The fourth-order valence-electron chi connectivity index (χ4n) is 2.49. The number of Topliss-reactive ketones (excluding diaryl/α,β-unsaturated/α-hetero) is 1. The summed E-state index contributed by atoms with van der Waals surface area (Å²) in [5.41, 5.74) is -0.195. The normalized spacial score (nSPS) is 23.0. The van der Waals surface area contributed by atoms with Crippen LogP contribution in [-0.2, 0) is 4.79 Å². The van der Waals surface area contributed by atoms with Crippen molar-refractivity contribution >= 4 is 5.78 Å². The second kappa shape index (κ2) is 5.81. The molecule has 2 atom stereocenters. The predicted molar refractivity (Wildman–Crippen MR) is 68.6 cm³/mol. The highest BCUT2D eigenvalue weighted by Gasteiger charge is 2.38. The van der Waals surface area contributed by atoms with Gasteiger partial charge in [0.25, 0.3) is 0 Å². The van der Waals surface area contributed by atoms with Gasteiger partial charge >= 0.3 is 0 Å². The Morgan fingerprint density at radius 3 is 2.31 bits per heavy atom. The molecule has 0 spiro atoms. The molecule has 0 aromatic carbocycles. The van der Waals surface area contributed by atoms with E-state index in [1.165, 1.54) is 12.8 Å². The summed E-state index contributed by atoms with van der Waals surface area (Å²) in [6.45, 7) is 10.8. The van der Waals surface area contributed by atoms with Gasteiger partial charge in [-0.1, -0.05) is 27.2 Å². The lowest BCUT2D eigenvalue weighted by molar-refractivity contribution is -0.131. The third-order valence-electron chi connectivity index (χ3n) is 4.32. The molecule has 0 N–H and O–H groups in total. The third-order valence-corrected chi connectivity index (χ3v) is 4.32. The van der Waals surface area contributed by atoms with Crippen molar-refractivity contribution in [3.8, 4) is 0 Å². The maximum absolute atomic E-state index is 12.4. The fourth-order valence-corrected chi connectivity index (χ4v) is 2.49. The summed E-state index contributed by atoms with van der Waals surface area (Å²) in [5, 5.41) is 0. The molecule has 2 unspecified atom stereocenters. The van der Waals surface area contributed by atoms with E-state index in [2.05, 4.69) is 32.6 Å². The standard InChI is InChI=1S/C14H27NO/c1-5-12(3)11-13(16)14(4,6-2)15-9-7-8-10-15/h12H,5-11H2,1-4H3. The number of rotatable bonds is 6. The van der Waals surface area contributed by atoms with Gasteiger partial charge in [0.2, 0.25) is 0 Å². The van der Waals surface area contributed by atoms with Crippen LogP contribution in [0.1, 0.15) is 59.8 Å². The van der Waals surface area contributed by atoms with Gasteiger partial charge in [0, 0.05) is 6.42 Å². The molecule has 1 heterocycles. The van der Waals surface area contributed by atoms with Crippen molar-refractivity contribution in [1.29, 1.82) is 0 Å². The smallest absolute Gasteiger partial charge is 0.153 e. The van der Waals surface area contributed by atoms with E-state index >= 15 is 0 Å². The quantitative estimate of drug-likeness (QED) is 0.691. The molecule has 1 saturated heterocycles. The monoisotopic (exact) mass is 225 g/mol. The van der Waals surface area contributed by atoms with Crippen LogP contribution < -0.4 is 0 Å². The largest absolute Gasteiger partial charge is 0.298 e. The SMILES string of the molecule is CCC(C)CC(=O)C(C)(CC)N1CCCC1. The molecule has 2 heteroatoms. The number of likely N-dealkylation sites (tertiary alicyclic amines) is 1. The van der Waals surface area contributed by atoms with E-state index in [9.17, 15) is 4.79 Å². The molecule has 1 aliphatic heterocycles. The van der Waals surface area contributed by atoms with Gasteiger partial charge < -0.3 is 0 Å². The first-order chi connectivity index (χ1) is 7.54. The van der Waals surface area contributed by atoms with Gasteiger partial charge in [0.05, 0.1) is 5.54 Å². The van der Waals surface area contributed by atoms with Crippen molar-refractivity contribution in [3.63, 3.8) is 0 Å². The Morgan fingerprint density at radius 1 is 1.31 bits per heavy atom. The molecule has 0 amide bonds. The van der Waals surface area contributed by atoms with Gasteiger partial charge in [0.1, 0.15) is 0 Å². The number of ketones is 1. The summed E-state index contributed by atoms with van der Waals surface area (Å²) in [4.78, 5) is 14.8. The van der Waals surface area contributed by atoms with E-state index in [0.29, 0.717) is 11.7 Å². The van der Waals surface area contributed by atoms with Crippen LogP contribution in [0.3, 0.4) is 0 Å². The van der Waals surface area contributed by atoms with Crippen LogP contribution in [0.4, 0.5) is 0 Å². The number of hydrogen-bond acceptors (Lipinski definition) is 2. The number of carbonyl (C=O) groups excluding carboxylic acids is 1. The third kappa shape index (κ3) is 2.85. The molecule has 1 aliphatic rings. The minimum absolute atomic E-state index is 0.195. The van der Waals surface area contributed by atoms with Crippen LogP contribution in [-0.4, -0.2) is 29.3 Å². The molecule has 94 valence electrons.